The number of amides is 1. The second-order valence-corrected chi connectivity index (χ2v) is 7.62. The predicted octanol–water partition coefficient (Wildman–Crippen LogP) is 3.27. The van der Waals surface area contributed by atoms with Crippen molar-refractivity contribution in [1.82, 2.24) is 19.7 Å². The molecule has 1 aliphatic carbocycles. The largest absolute Gasteiger partial charge is 0.344 e. The Hall–Kier alpha value is -2.40. The van der Waals surface area contributed by atoms with Crippen molar-refractivity contribution in [3.63, 3.8) is 0 Å². The van der Waals surface area contributed by atoms with E-state index >= 15 is 0 Å². The van der Waals surface area contributed by atoms with E-state index in [1.165, 1.54) is 17.8 Å². The second-order valence-electron chi connectivity index (χ2n) is 6.32. The van der Waals surface area contributed by atoms with Gasteiger partial charge in [-0.3, -0.25) is 9.36 Å². The summed E-state index contributed by atoms with van der Waals surface area (Å²) in [5.74, 6) is 0.104. The lowest BCUT2D eigenvalue weighted by Gasteiger charge is -2.20. The Balaban J connectivity index is 1.82. The Bertz CT molecular complexity index is 842. The Labute approximate surface area is 156 Å². The van der Waals surface area contributed by atoms with Crippen LogP contribution in [0.2, 0.25) is 0 Å². The first kappa shape index (κ1) is 18.4. The Morgan fingerprint density at radius 3 is 2.85 bits per heavy atom. The summed E-state index contributed by atoms with van der Waals surface area (Å²) >= 11 is 1.32. The third-order valence-electron chi connectivity index (χ3n) is 4.26. The molecule has 26 heavy (non-hydrogen) atoms. The molecule has 2 aromatic rings. The molecule has 0 N–H and O–H groups in total. The van der Waals surface area contributed by atoms with E-state index in [0.717, 1.165) is 12.8 Å². The van der Waals surface area contributed by atoms with E-state index in [4.69, 9.17) is 5.26 Å². The molecule has 1 heterocycles. The highest BCUT2D eigenvalue weighted by atomic mass is 32.2. The van der Waals surface area contributed by atoms with Gasteiger partial charge in [-0.05, 0) is 31.9 Å². The smallest absolute Gasteiger partial charge is 0.235 e. The molecule has 1 aromatic heterocycles. The summed E-state index contributed by atoms with van der Waals surface area (Å²) in [7, 11) is 1.69. The molecule has 0 unspecified atom stereocenters. The van der Waals surface area contributed by atoms with Crippen molar-refractivity contribution < 1.29 is 9.18 Å². The highest BCUT2D eigenvalue weighted by Crippen LogP contribution is 2.42. The van der Waals surface area contributed by atoms with Crippen LogP contribution < -0.4 is 0 Å². The molecule has 136 valence electrons. The van der Waals surface area contributed by atoms with Crippen LogP contribution in [0.4, 0.5) is 4.39 Å². The van der Waals surface area contributed by atoms with Crippen LogP contribution >= 0.6 is 11.8 Å². The minimum Gasteiger partial charge on any atom is -0.344 e. The molecule has 8 heteroatoms. The third kappa shape index (κ3) is 3.88. The van der Waals surface area contributed by atoms with Gasteiger partial charge in [-0.2, -0.15) is 5.26 Å². The monoisotopic (exact) mass is 373 g/mol. The van der Waals surface area contributed by atoms with Gasteiger partial charge in [0.05, 0.1) is 23.3 Å². The molecule has 1 aromatic carbocycles. The number of nitrogens with zero attached hydrogens (tertiary/aromatic N) is 5. The molecule has 1 fully saturated rings. The van der Waals surface area contributed by atoms with Crippen molar-refractivity contribution in [2.45, 2.75) is 42.6 Å². The van der Waals surface area contributed by atoms with E-state index in [0.29, 0.717) is 29.5 Å². The van der Waals surface area contributed by atoms with Crippen molar-refractivity contribution in [2.24, 2.45) is 0 Å². The van der Waals surface area contributed by atoms with E-state index in [2.05, 4.69) is 10.2 Å². The normalized spacial score (nSPS) is 14.7. The summed E-state index contributed by atoms with van der Waals surface area (Å²) in [4.78, 5) is 14.0. The van der Waals surface area contributed by atoms with Gasteiger partial charge in [0.15, 0.2) is 11.0 Å². The molecule has 1 amide bonds. The Morgan fingerprint density at radius 2 is 2.19 bits per heavy atom. The van der Waals surface area contributed by atoms with Crippen LogP contribution in [-0.4, -0.2) is 44.4 Å². The van der Waals surface area contributed by atoms with Gasteiger partial charge >= 0.3 is 0 Å². The maximum atomic E-state index is 14.2. The fourth-order valence-electron chi connectivity index (χ4n) is 2.69. The van der Waals surface area contributed by atoms with Crippen LogP contribution in [0, 0.1) is 17.1 Å². The number of aromatic nitrogens is 3. The van der Waals surface area contributed by atoms with Crippen LogP contribution in [0.5, 0.6) is 0 Å². The SMILES string of the molecule is C[C@@H](Sc1nnc(-c2ccccc2F)n1C1CC1)C(=O)N(C)CCC#N. The number of nitriles is 1. The van der Waals surface area contributed by atoms with E-state index in [9.17, 15) is 9.18 Å². The van der Waals surface area contributed by atoms with Crippen molar-refractivity contribution in [2.75, 3.05) is 13.6 Å². The average molecular weight is 373 g/mol. The predicted molar refractivity (Wildman–Crippen MR) is 96.9 cm³/mol. The zero-order valence-electron chi connectivity index (χ0n) is 14.7. The van der Waals surface area contributed by atoms with E-state index < -0.39 is 0 Å². The quantitative estimate of drug-likeness (QED) is 0.696. The van der Waals surface area contributed by atoms with Gasteiger partial charge < -0.3 is 4.90 Å². The van der Waals surface area contributed by atoms with E-state index in [1.54, 1.807) is 30.1 Å². The molecule has 6 nitrogen and oxygen atoms in total. The number of halogens is 1. The van der Waals surface area contributed by atoms with Crippen LogP contribution in [0.3, 0.4) is 0 Å². The van der Waals surface area contributed by atoms with Gasteiger partial charge in [-0.1, -0.05) is 23.9 Å². The highest BCUT2D eigenvalue weighted by Gasteiger charge is 2.32. The van der Waals surface area contributed by atoms with Gasteiger partial charge in [0.2, 0.25) is 5.91 Å². The van der Waals surface area contributed by atoms with Gasteiger partial charge in [0.25, 0.3) is 0 Å². The number of carbonyl (C=O) groups excluding carboxylic acids is 1. The summed E-state index contributed by atoms with van der Waals surface area (Å²) in [6.07, 6.45) is 2.30. The summed E-state index contributed by atoms with van der Waals surface area (Å²) in [6, 6.07) is 8.80. The van der Waals surface area contributed by atoms with E-state index in [-0.39, 0.29) is 23.0 Å². The minimum absolute atomic E-state index is 0.0666. The number of hydrogen-bond acceptors (Lipinski definition) is 5. The number of rotatable bonds is 7. The molecule has 0 radical (unpaired) electrons. The van der Waals surface area contributed by atoms with Gasteiger partial charge in [-0.25, -0.2) is 4.39 Å². The lowest BCUT2D eigenvalue weighted by atomic mass is 10.2. The fraction of sp³-hybridized carbons (Fsp3) is 0.444. The third-order valence-corrected chi connectivity index (χ3v) is 5.30. The molecule has 1 aliphatic rings. The molecule has 1 saturated carbocycles. The molecule has 0 saturated heterocycles. The molecular formula is C18H20FN5OS. The van der Waals surface area contributed by atoms with E-state index in [1.807, 2.05) is 17.6 Å². The first-order chi connectivity index (χ1) is 12.5. The average Bonchev–Trinajstić information content (AvgIpc) is 3.40. The van der Waals surface area contributed by atoms with Crippen LogP contribution in [-0.2, 0) is 4.79 Å². The summed E-state index contributed by atoms with van der Waals surface area (Å²) < 4.78 is 16.1. The Kier molecular flexibility index (Phi) is 5.57. The molecular weight excluding hydrogens is 353 g/mol. The van der Waals surface area contributed by atoms with Crippen molar-refractivity contribution in [3.8, 4) is 17.5 Å². The number of hydrogen-bond donors (Lipinski definition) is 0. The standard InChI is InChI=1S/C18H20FN5OS/c1-12(17(25)23(2)11-5-10-20)26-18-22-21-16(24(18)13-8-9-13)14-6-3-4-7-15(14)19/h3-4,6-7,12-13H,5,8-9,11H2,1-2H3/t12-/m1/s1. The molecule has 0 bridgehead atoms. The van der Waals surface area contributed by atoms with Crippen molar-refractivity contribution in [3.05, 3.63) is 30.1 Å². The molecule has 0 aliphatic heterocycles. The maximum Gasteiger partial charge on any atom is 0.235 e. The topological polar surface area (TPSA) is 74.8 Å². The summed E-state index contributed by atoms with van der Waals surface area (Å²) in [5, 5.41) is 17.3. The lowest BCUT2D eigenvalue weighted by Crippen LogP contribution is -2.34. The molecule has 0 spiro atoms. The maximum absolute atomic E-state index is 14.2. The van der Waals surface area contributed by atoms with Gasteiger partial charge in [0.1, 0.15) is 5.82 Å². The first-order valence-corrected chi connectivity index (χ1v) is 9.39. The summed E-state index contributed by atoms with van der Waals surface area (Å²) in [6.45, 7) is 2.21. The van der Waals surface area contributed by atoms with Gasteiger partial charge in [-0.15, -0.1) is 10.2 Å². The summed E-state index contributed by atoms with van der Waals surface area (Å²) in [5.41, 5.74) is 0.420. The molecule has 3 rings (SSSR count). The van der Waals surface area contributed by atoms with Crippen LogP contribution in [0.25, 0.3) is 11.4 Å². The second kappa shape index (κ2) is 7.87. The van der Waals surface area contributed by atoms with Gasteiger partial charge in [0, 0.05) is 19.6 Å². The number of benzene rings is 1. The lowest BCUT2D eigenvalue weighted by molar-refractivity contribution is -0.128. The fourth-order valence-corrected chi connectivity index (χ4v) is 3.73. The van der Waals surface area contributed by atoms with Crippen molar-refractivity contribution in [1.29, 1.82) is 5.26 Å². The minimum atomic E-state index is -0.367. The van der Waals surface area contributed by atoms with Crippen LogP contribution in [0.15, 0.2) is 29.4 Å². The zero-order valence-corrected chi connectivity index (χ0v) is 15.5. The van der Waals surface area contributed by atoms with Crippen molar-refractivity contribution >= 4 is 17.7 Å². The zero-order chi connectivity index (χ0) is 18.7. The number of carbonyl (C=O) groups is 1. The first-order valence-electron chi connectivity index (χ1n) is 8.51. The highest BCUT2D eigenvalue weighted by molar-refractivity contribution is 8.00. The Morgan fingerprint density at radius 1 is 1.46 bits per heavy atom. The molecule has 1 atom stereocenters. The number of thioether (sulfide) groups is 1. The van der Waals surface area contributed by atoms with Crippen LogP contribution in [0.1, 0.15) is 32.2 Å².